The van der Waals surface area contributed by atoms with E-state index >= 15 is 0 Å². The van der Waals surface area contributed by atoms with Crippen molar-refractivity contribution in [2.75, 3.05) is 13.2 Å². The smallest absolute Gasteiger partial charge is 0.407 e. The van der Waals surface area contributed by atoms with Gasteiger partial charge in [0, 0.05) is 0 Å². The third-order valence-electron chi connectivity index (χ3n) is 4.35. The van der Waals surface area contributed by atoms with Gasteiger partial charge in [0.15, 0.2) is 0 Å². The molecule has 0 bridgehead atoms. The molecule has 21 heavy (non-hydrogen) atoms. The fourth-order valence-corrected chi connectivity index (χ4v) is 3.18. The average molecular weight is 311 g/mol. The SMILES string of the molecule is O=C(O)N1C[C@@H](OC2CCC(C(F)(F)F)CC2)C[C@H]1CO. The largest absolute Gasteiger partial charge is 0.465 e. The minimum atomic E-state index is -4.14. The van der Waals surface area contributed by atoms with Crippen molar-refractivity contribution in [3.63, 3.8) is 0 Å². The standard InChI is InChI=1S/C13H20F3NO4/c14-13(15,16)8-1-3-10(4-2-8)21-11-5-9(7-18)17(6-11)12(19)20/h8-11,18H,1-7H2,(H,19,20)/t8?,9-,10?,11-/m0/s1. The van der Waals surface area contributed by atoms with E-state index in [9.17, 15) is 18.0 Å². The number of amides is 1. The Kier molecular flexibility index (Phi) is 4.98. The molecule has 8 heteroatoms. The highest BCUT2D eigenvalue weighted by Crippen LogP contribution is 2.39. The monoisotopic (exact) mass is 311 g/mol. The second-order valence-electron chi connectivity index (χ2n) is 5.78. The summed E-state index contributed by atoms with van der Waals surface area (Å²) < 4.78 is 43.5. The number of hydrogen-bond donors (Lipinski definition) is 2. The van der Waals surface area contributed by atoms with Crippen LogP contribution >= 0.6 is 0 Å². The van der Waals surface area contributed by atoms with E-state index in [1.54, 1.807) is 0 Å². The number of likely N-dealkylation sites (tertiary alicyclic amines) is 1. The molecule has 122 valence electrons. The highest BCUT2D eigenvalue weighted by molar-refractivity contribution is 5.66. The van der Waals surface area contributed by atoms with Crippen LogP contribution in [0, 0.1) is 5.92 Å². The van der Waals surface area contributed by atoms with Crippen LogP contribution < -0.4 is 0 Å². The molecule has 1 amide bonds. The third-order valence-corrected chi connectivity index (χ3v) is 4.35. The summed E-state index contributed by atoms with van der Waals surface area (Å²) in [5.74, 6) is -1.25. The maximum absolute atomic E-state index is 12.6. The molecule has 0 aromatic heterocycles. The molecule has 1 aliphatic heterocycles. The van der Waals surface area contributed by atoms with Gasteiger partial charge in [0.1, 0.15) is 0 Å². The fraction of sp³-hybridized carbons (Fsp3) is 0.923. The second kappa shape index (κ2) is 6.39. The molecule has 2 fully saturated rings. The predicted octanol–water partition coefficient (Wildman–Crippen LogP) is 2.24. The summed E-state index contributed by atoms with van der Waals surface area (Å²) in [6.07, 6.45) is -4.63. The first-order chi connectivity index (χ1) is 9.81. The highest BCUT2D eigenvalue weighted by Gasteiger charge is 2.43. The number of alkyl halides is 3. The van der Waals surface area contributed by atoms with E-state index in [0.29, 0.717) is 19.3 Å². The van der Waals surface area contributed by atoms with Crippen LogP contribution in [0.3, 0.4) is 0 Å². The van der Waals surface area contributed by atoms with E-state index < -0.39 is 24.2 Å². The van der Waals surface area contributed by atoms with Gasteiger partial charge >= 0.3 is 12.3 Å². The Hall–Kier alpha value is -1.02. The maximum Gasteiger partial charge on any atom is 0.407 e. The lowest BCUT2D eigenvalue weighted by molar-refractivity contribution is -0.189. The van der Waals surface area contributed by atoms with Crippen LogP contribution in [0.1, 0.15) is 32.1 Å². The topological polar surface area (TPSA) is 70.0 Å². The van der Waals surface area contributed by atoms with E-state index in [1.165, 1.54) is 0 Å². The van der Waals surface area contributed by atoms with Gasteiger partial charge in [-0.15, -0.1) is 0 Å². The average Bonchev–Trinajstić information content (AvgIpc) is 2.81. The summed E-state index contributed by atoms with van der Waals surface area (Å²) in [5.41, 5.74) is 0. The minimum absolute atomic E-state index is 0.0625. The van der Waals surface area contributed by atoms with Crippen LogP contribution in [0.2, 0.25) is 0 Å². The molecule has 1 aliphatic carbocycles. The molecule has 2 N–H and O–H groups in total. The van der Waals surface area contributed by atoms with Gasteiger partial charge in [-0.1, -0.05) is 0 Å². The van der Waals surface area contributed by atoms with Gasteiger partial charge in [-0.2, -0.15) is 13.2 Å². The Balaban J connectivity index is 1.81. The highest BCUT2D eigenvalue weighted by atomic mass is 19.4. The van der Waals surface area contributed by atoms with Crippen LogP contribution in [-0.4, -0.2) is 58.8 Å². The molecule has 5 nitrogen and oxygen atoms in total. The molecule has 1 heterocycles. The van der Waals surface area contributed by atoms with E-state index in [-0.39, 0.29) is 38.2 Å². The van der Waals surface area contributed by atoms with Crippen molar-refractivity contribution < 1.29 is 32.9 Å². The number of halogens is 3. The summed E-state index contributed by atoms with van der Waals surface area (Å²) in [4.78, 5) is 12.1. The normalized spacial score (nSPS) is 34.2. The number of ether oxygens (including phenoxy) is 1. The van der Waals surface area contributed by atoms with Crippen molar-refractivity contribution in [3.8, 4) is 0 Å². The number of nitrogens with zero attached hydrogens (tertiary/aromatic N) is 1. The van der Waals surface area contributed by atoms with Crippen molar-refractivity contribution >= 4 is 6.09 Å². The zero-order chi connectivity index (χ0) is 15.6. The third kappa shape index (κ3) is 4.00. The Morgan fingerprint density at radius 1 is 1.19 bits per heavy atom. The first-order valence-electron chi connectivity index (χ1n) is 7.14. The molecule has 2 rings (SSSR count). The summed E-state index contributed by atoms with van der Waals surface area (Å²) >= 11 is 0. The van der Waals surface area contributed by atoms with E-state index in [1.807, 2.05) is 0 Å². The van der Waals surface area contributed by atoms with E-state index in [4.69, 9.17) is 14.9 Å². The van der Waals surface area contributed by atoms with Crippen molar-refractivity contribution in [1.29, 1.82) is 0 Å². The molecule has 1 saturated heterocycles. The van der Waals surface area contributed by atoms with Crippen molar-refractivity contribution in [2.45, 2.75) is 56.5 Å². The molecule has 0 radical (unpaired) electrons. The maximum atomic E-state index is 12.6. The van der Waals surface area contributed by atoms with Crippen LogP contribution in [0.4, 0.5) is 18.0 Å². The summed E-state index contributed by atoms with van der Waals surface area (Å²) in [6, 6.07) is -0.487. The molecule has 2 atom stereocenters. The van der Waals surface area contributed by atoms with E-state index in [0.717, 1.165) is 4.90 Å². The van der Waals surface area contributed by atoms with Gasteiger partial charge in [0.25, 0.3) is 0 Å². The molecule has 0 aromatic rings. The first kappa shape index (κ1) is 16.4. The Morgan fingerprint density at radius 2 is 1.81 bits per heavy atom. The van der Waals surface area contributed by atoms with Crippen molar-refractivity contribution in [2.24, 2.45) is 5.92 Å². The minimum Gasteiger partial charge on any atom is -0.465 e. The van der Waals surface area contributed by atoms with E-state index in [2.05, 4.69) is 0 Å². The predicted molar refractivity (Wildman–Crippen MR) is 66.9 cm³/mol. The first-order valence-corrected chi connectivity index (χ1v) is 7.14. The van der Waals surface area contributed by atoms with Crippen LogP contribution in [0.5, 0.6) is 0 Å². The summed E-state index contributed by atoms with van der Waals surface area (Å²) in [6.45, 7) is -0.104. The zero-order valence-corrected chi connectivity index (χ0v) is 11.6. The number of hydrogen-bond acceptors (Lipinski definition) is 3. The molecule has 0 unspecified atom stereocenters. The van der Waals surface area contributed by atoms with Crippen LogP contribution in [-0.2, 0) is 4.74 Å². The van der Waals surface area contributed by atoms with Crippen LogP contribution in [0.25, 0.3) is 0 Å². The van der Waals surface area contributed by atoms with Gasteiger partial charge in [0.2, 0.25) is 0 Å². The molecular weight excluding hydrogens is 291 g/mol. The Labute approximate surface area is 120 Å². The number of aliphatic hydroxyl groups is 1. The number of carboxylic acid groups (broad SMARTS) is 1. The molecular formula is C13H20F3NO4. The van der Waals surface area contributed by atoms with Gasteiger partial charge in [-0.25, -0.2) is 4.79 Å². The molecule has 0 aromatic carbocycles. The number of carbonyl (C=O) groups is 1. The second-order valence-corrected chi connectivity index (χ2v) is 5.78. The number of aliphatic hydroxyl groups excluding tert-OH is 1. The lowest BCUT2D eigenvalue weighted by atomic mass is 9.87. The number of rotatable bonds is 3. The fourth-order valence-electron chi connectivity index (χ4n) is 3.18. The Morgan fingerprint density at radius 3 is 2.24 bits per heavy atom. The lowest BCUT2D eigenvalue weighted by Crippen LogP contribution is -2.37. The lowest BCUT2D eigenvalue weighted by Gasteiger charge is -2.31. The van der Waals surface area contributed by atoms with Crippen molar-refractivity contribution in [3.05, 3.63) is 0 Å². The van der Waals surface area contributed by atoms with Gasteiger partial charge in [-0.05, 0) is 32.1 Å². The zero-order valence-electron chi connectivity index (χ0n) is 11.6. The van der Waals surface area contributed by atoms with Gasteiger partial charge < -0.3 is 19.8 Å². The molecule has 2 aliphatic rings. The summed E-state index contributed by atoms with van der Waals surface area (Å²) in [7, 11) is 0. The van der Waals surface area contributed by atoms with Crippen LogP contribution in [0.15, 0.2) is 0 Å². The van der Waals surface area contributed by atoms with Gasteiger partial charge in [0.05, 0.1) is 37.3 Å². The molecule has 0 spiro atoms. The van der Waals surface area contributed by atoms with Gasteiger partial charge in [-0.3, -0.25) is 0 Å². The molecule has 1 saturated carbocycles. The Bertz CT molecular complexity index is 369. The van der Waals surface area contributed by atoms with Crippen molar-refractivity contribution in [1.82, 2.24) is 4.90 Å². The quantitative estimate of drug-likeness (QED) is 0.838. The summed E-state index contributed by atoms with van der Waals surface area (Å²) in [5, 5.41) is 18.1.